The molecular weight excluding hydrogens is 300 g/mol. The van der Waals surface area contributed by atoms with Gasteiger partial charge in [0.05, 0.1) is 12.0 Å². The molecule has 0 radical (unpaired) electrons. The second kappa shape index (κ2) is 6.95. The Bertz CT molecular complexity index is 655. The van der Waals surface area contributed by atoms with Crippen LogP contribution < -0.4 is 4.72 Å². The number of methoxy groups -OCH3 is 1. The molecule has 0 saturated heterocycles. The number of carbonyl (C=O) groups is 1. The number of para-hydroxylation sites is 1. The van der Waals surface area contributed by atoms with E-state index in [4.69, 9.17) is 0 Å². The highest BCUT2D eigenvalue weighted by Crippen LogP contribution is 2.23. The fraction of sp³-hybridized carbons (Fsp3) is 0.250. The van der Waals surface area contributed by atoms with Gasteiger partial charge >= 0.3 is 5.97 Å². The highest BCUT2D eigenvalue weighted by Gasteiger charge is 2.30. The number of benzene rings is 1. The molecule has 0 aliphatic heterocycles. The van der Waals surface area contributed by atoms with Gasteiger partial charge in [-0.1, -0.05) is 18.2 Å². The van der Waals surface area contributed by atoms with E-state index in [0.717, 1.165) is 19.2 Å². The Labute approximate surface area is 121 Å². The summed E-state index contributed by atoms with van der Waals surface area (Å²) in [5, 5.41) is 10.9. The predicted molar refractivity (Wildman–Crippen MR) is 74.0 cm³/mol. The molecule has 0 fully saturated rings. The maximum atomic E-state index is 12.2. The van der Waals surface area contributed by atoms with E-state index < -0.39 is 37.5 Å². The van der Waals surface area contributed by atoms with E-state index in [1.807, 2.05) is 0 Å². The van der Waals surface area contributed by atoms with Gasteiger partial charge in [-0.3, -0.25) is 14.9 Å². The molecule has 0 aliphatic rings. The Kier molecular flexibility index (Phi) is 5.56. The standard InChI is InChI=1S/C12H14N2O6S/c1-3-6-9(12(15)20-2)13-21(18,19)11-8-5-4-7-10(11)14(16)17/h3-5,7-9,13H,1,6H2,2H3. The number of hydrogen-bond acceptors (Lipinski definition) is 6. The summed E-state index contributed by atoms with van der Waals surface area (Å²) >= 11 is 0. The molecule has 0 spiro atoms. The lowest BCUT2D eigenvalue weighted by atomic mass is 10.2. The summed E-state index contributed by atoms with van der Waals surface area (Å²) in [6.45, 7) is 3.41. The van der Waals surface area contributed by atoms with E-state index in [2.05, 4.69) is 16.0 Å². The molecule has 0 amide bonds. The van der Waals surface area contributed by atoms with Crippen LogP contribution in [0.4, 0.5) is 5.69 Å². The number of esters is 1. The van der Waals surface area contributed by atoms with Gasteiger partial charge in [0.15, 0.2) is 4.90 Å². The maximum absolute atomic E-state index is 12.2. The third-order valence-corrected chi connectivity index (χ3v) is 4.06. The lowest BCUT2D eigenvalue weighted by molar-refractivity contribution is -0.387. The number of ether oxygens (including phenoxy) is 1. The van der Waals surface area contributed by atoms with Crippen LogP contribution in [0.3, 0.4) is 0 Å². The molecule has 0 heterocycles. The molecule has 114 valence electrons. The van der Waals surface area contributed by atoms with Gasteiger partial charge in [-0.25, -0.2) is 8.42 Å². The molecule has 1 rings (SSSR count). The smallest absolute Gasteiger partial charge is 0.324 e. The Morgan fingerprint density at radius 3 is 2.67 bits per heavy atom. The number of nitrogens with zero attached hydrogens (tertiary/aromatic N) is 1. The summed E-state index contributed by atoms with van der Waals surface area (Å²) in [6, 6.07) is 3.65. The van der Waals surface area contributed by atoms with Crippen LogP contribution >= 0.6 is 0 Å². The second-order valence-electron chi connectivity index (χ2n) is 3.95. The van der Waals surface area contributed by atoms with Gasteiger partial charge < -0.3 is 4.74 Å². The fourth-order valence-corrected chi connectivity index (χ4v) is 2.96. The summed E-state index contributed by atoms with van der Waals surface area (Å²) in [5.74, 6) is -0.808. The minimum atomic E-state index is -4.25. The topological polar surface area (TPSA) is 116 Å². The number of carbonyl (C=O) groups excluding carboxylic acids is 1. The number of rotatable bonds is 7. The Morgan fingerprint density at radius 1 is 1.52 bits per heavy atom. The number of sulfonamides is 1. The Balaban J connectivity index is 3.19. The van der Waals surface area contributed by atoms with Gasteiger partial charge in [0, 0.05) is 6.07 Å². The average Bonchev–Trinajstić information content (AvgIpc) is 2.45. The van der Waals surface area contributed by atoms with Crippen LogP contribution in [0, 0.1) is 10.1 Å². The second-order valence-corrected chi connectivity index (χ2v) is 5.63. The van der Waals surface area contributed by atoms with Crippen LogP contribution in [0.2, 0.25) is 0 Å². The molecule has 1 N–H and O–H groups in total. The molecule has 1 unspecified atom stereocenters. The third-order valence-electron chi connectivity index (χ3n) is 2.54. The molecule has 8 nitrogen and oxygen atoms in total. The fourth-order valence-electron chi connectivity index (χ4n) is 1.59. The minimum absolute atomic E-state index is 0.00741. The summed E-state index contributed by atoms with van der Waals surface area (Å²) < 4.78 is 31.0. The molecule has 0 aromatic heterocycles. The molecule has 21 heavy (non-hydrogen) atoms. The van der Waals surface area contributed by atoms with Gasteiger partial charge in [0.1, 0.15) is 6.04 Å². The zero-order chi connectivity index (χ0) is 16.0. The Hall–Kier alpha value is -2.26. The van der Waals surface area contributed by atoms with E-state index >= 15 is 0 Å². The van der Waals surface area contributed by atoms with Crippen molar-refractivity contribution in [2.75, 3.05) is 7.11 Å². The number of hydrogen-bond donors (Lipinski definition) is 1. The highest BCUT2D eigenvalue weighted by molar-refractivity contribution is 7.89. The summed E-state index contributed by atoms with van der Waals surface area (Å²) in [4.78, 5) is 21.0. The first-order chi connectivity index (χ1) is 9.83. The molecule has 1 aromatic carbocycles. The molecular formula is C12H14N2O6S. The van der Waals surface area contributed by atoms with Crippen molar-refractivity contribution in [3.05, 3.63) is 47.0 Å². The van der Waals surface area contributed by atoms with Crippen molar-refractivity contribution in [3.8, 4) is 0 Å². The number of nitrogens with one attached hydrogen (secondary N) is 1. The van der Waals surface area contributed by atoms with Gasteiger partial charge in [-0.15, -0.1) is 6.58 Å². The monoisotopic (exact) mass is 314 g/mol. The molecule has 0 saturated carbocycles. The third kappa shape index (κ3) is 4.10. The first-order valence-corrected chi connectivity index (χ1v) is 7.26. The maximum Gasteiger partial charge on any atom is 0.324 e. The van der Waals surface area contributed by atoms with E-state index in [1.54, 1.807) is 0 Å². The largest absolute Gasteiger partial charge is 0.468 e. The van der Waals surface area contributed by atoms with Crippen molar-refractivity contribution < 1.29 is 22.9 Å². The summed E-state index contributed by atoms with van der Waals surface area (Å²) in [6.07, 6.45) is 1.33. The zero-order valence-electron chi connectivity index (χ0n) is 11.2. The zero-order valence-corrected chi connectivity index (χ0v) is 12.0. The van der Waals surface area contributed by atoms with Crippen molar-refractivity contribution >= 4 is 21.7 Å². The normalized spacial score (nSPS) is 12.4. The molecule has 0 aliphatic carbocycles. The van der Waals surface area contributed by atoms with Crippen molar-refractivity contribution in [3.63, 3.8) is 0 Å². The average molecular weight is 314 g/mol. The minimum Gasteiger partial charge on any atom is -0.468 e. The van der Waals surface area contributed by atoms with Crippen LogP contribution in [0.25, 0.3) is 0 Å². The van der Waals surface area contributed by atoms with Gasteiger partial charge in [-0.05, 0) is 12.5 Å². The van der Waals surface area contributed by atoms with E-state index in [-0.39, 0.29) is 6.42 Å². The molecule has 9 heteroatoms. The van der Waals surface area contributed by atoms with Crippen LogP contribution in [0.5, 0.6) is 0 Å². The van der Waals surface area contributed by atoms with Crippen molar-refractivity contribution in [1.29, 1.82) is 0 Å². The molecule has 1 atom stereocenters. The van der Waals surface area contributed by atoms with E-state index in [1.165, 1.54) is 18.2 Å². The number of nitro benzene ring substituents is 1. The number of nitro groups is 1. The lowest BCUT2D eigenvalue weighted by Gasteiger charge is -2.14. The van der Waals surface area contributed by atoms with Crippen molar-refractivity contribution in [1.82, 2.24) is 4.72 Å². The SMILES string of the molecule is C=CCC(NS(=O)(=O)c1ccccc1[N+](=O)[O-])C(=O)OC. The van der Waals surface area contributed by atoms with Crippen molar-refractivity contribution in [2.24, 2.45) is 0 Å². The predicted octanol–water partition coefficient (Wildman–Crippen LogP) is 0.991. The van der Waals surface area contributed by atoms with Gasteiger partial charge in [0.25, 0.3) is 5.69 Å². The van der Waals surface area contributed by atoms with E-state index in [0.29, 0.717) is 0 Å². The Morgan fingerprint density at radius 2 is 2.14 bits per heavy atom. The molecule has 0 bridgehead atoms. The van der Waals surface area contributed by atoms with Crippen LogP contribution in [0.15, 0.2) is 41.8 Å². The summed E-state index contributed by atoms with van der Waals surface area (Å²) in [7, 11) is -3.14. The first-order valence-electron chi connectivity index (χ1n) is 5.78. The highest BCUT2D eigenvalue weighted by atomic mass is 32.2. The quantitative estimate of drug-likeness (QED) is 0.347. The van der Waals surface area contributed by atoms with Crippen LogP contribution in [-0.2, 0) is 19.6 Å². The lowest BCUT2D eigenvalue weighted by Crippen LogP contribution is -2.41. The first kappa shape index (κ1) is 16.8. The van der Waals surface area contributed by atoms with Gasteiger partial charge in [-0.2, -0.15) is 4.72 Å². The van der Waals surface area contributed by atoms with E-state index in [9.17, 15) is 23.3 Å². The van der Waals surface area contributed by atoms with Gasteiger partial charge in [0.2, 0.25) is 10.0 Å². The van der Waals surface area contributed by atoms with Crippen LogP contribution in [0.1, 0.15) is 6.42 Å². The van der Waals surface area contributed by atoms with Crippen molar-refractivity contribution in [2.45, 2.75) is 17.4 Å². The molecule has 1 aromatic rings. The summed E-state index contributed by atoms with van der Waals surface area (Å²) in [5.41, 5.74) is -0.577. The van der Waals surface area contributed by atoms with Crippen LogP contribution in [-0.4, -0.2) is 32.5 Å².